The molecule has 2 aliphatic rings. The van der Waals surface area contributed by atoms with Crippen LogP contribution >= 0.6 is 0 Å². The van der Waals surface area contributed by atoms with Gasteiger partial charge in [0.15, 0.2) is 8.32 Å². The molecule has 0 aliphatic heterocycles. The summed E-state index contributed by atoms with van der Waals surface area (Å²) < 4.78 is 35.4. The third-order valence-corrected chi connectivity index (χ3v) is 14.2. The highest BCUT2D eigenvalue weighted by atomic mass is 28.4. The minimum atomic E-state index is -2.20. The number of fused-ring (bicyclic) bond motifs is 1. The van der Waals surface area contributed by atoms with E-state index in [1.807, 2.05) is 12.1 Å². The normalized spacial score (nSPS) is 20.2. The summed E-state index contributed by atoms with van der Waals surface area (Å²) in [5, 5.41) is 12.1. The number of nitrogens with zero attached hydrogens (tertiary/aromatic N) is 1. The van der Waals surface area contributed by atoms with E-state index in [1.54, 1.807) is 12.1 Å². The number of hydrogen-bond donors (Lipinski definition) is 1. The van der Waals surface area contributed by atoms with Crippen molar-refractivity contribution >= 4 is 8.32 Å². The molecule has 5 rings (SSSR count). The molecule has 1 heterocycles. The molecule has 2 aliphatic carbocycles. The first-order chi connectivity index (χ1) is 19.2. The fourth-order valence-electron chi connectivity index (χ4n) is 6.45. The van der Waals surface area contributed by atoms with Gasteiger partial charge in [-0.2, -0.15) is 0 Å². The number of aliphatic hydroxyl groups excluding tert-OH is 1. The first-order valence-corrected chi connectivity index (χ1v) is 18.0. The number of hydrogen-bond acceptors (Lipinski definition) is 3. The molecule has 1 fully saturated rings. The molecule has 2 aromatic carbocycles. The maximum Gasteiger partial charge on any atom is 0.192 e. The van der Waals surface area contributed by atoms with Crippen LogP contribution in [0.15, 0.2) is 48.5 Å². The van der Waals surface area contributed by atoms with Crippen LogP contribution in [0.3, 0.4) is 0 Å². The van der Waals surface area contributed by atoms with E-state index in [-0.39, 0.29) is 34.1 Å². The summed E-state index contributed by atoms with van der Waals surface area (Å²) in [5.41, 5.74) is 6.11. The zero-order chi connectivity index (χ0) is 29.7. The molecule has 0 bridgehead atoms. The quantitative estimate of drug-likeness (QED) is 0.297. The third kappa shape index (κ3) is 6.07. The van der Waals surface area contributed by atoms with Crippen LogP contribution in [0.2, 0.25) is 18.1 Å². The van der Waals surface area contributed by atoms with Crippen LogP contribution in [0, 0.1) is 17.0 Å². The van der Waals surface area contributed by atoms with Crippen molar-refractivity contribution in [2.24, 2.45) is 5.41 Å². The molecular weight excluding hydrogens is 532 g/mol. The molecule has 0 radical (unpaired) electrons. The Balaban J connectivity index is 1.83. The predicted octanol–water partition coefficient (Wildman–Crippen LogP) is 9.80. The molecule has 3 nitrogen and oxygen atoms in total. The van der Waals surface area contributed by atoms with Gasteiger partial charge in [-0.15, -0.1) is 0 Å². The van der Waals surface area contributed by atoms with Gasteiger partial charge in [-0.05, 0) is 90.2 Å². The van der Waals surface area contributed by atoms with Crippen LogP contribution in [0.25, 0.3) is 11.1 Å². The van der Waals surface area contributed by atoms with E-state index in [2.05, 4.69) is 47.7 Å². The Kier molecular flexibility index (Phi) is 8.07. The Bertz CT molecular complexity index is 1390. The molecule has 3 aromatic rings. The first-order valence-electron chi connectivity index (χ1n) is 15.1. The Hall–Kier alpha value is -2.41. The number of benzene rings is 2. The van der Waals surface area contributed by atoms with Gasteiger partial charge in [0.2, 0.25) is 0 Å². The van der Waals surface area contributed by atoms with Gasteiger partial charge in [-0.3, -0.25) is 4.98 Å². The number of aromatic nitrogens is 1. The van der Waals surface area contributed by atoms with E-state index >= 15 is 0 Å². The molecular formula is C35H45F2NO2Si. The second-order valence-electron chi connectivity index (χ2n) is 14.5. The average molecular weight is 578 g/mol. The SMILES string of the molecule is CC1(C)Cc2nc(C3CCCC3)c(C(O)c3ccc(F)cc3)c(-c3ccc(F)cc3)c2C(O[Si](C)(C)C(C)(C)C)C1. The van der Waals surface area contributed by atoms with Gasteiger partial charge in [-0.1, -0.05) is 71.7 Å². The number of rotatable bonds is 6. The smallest absolute Gasteiger partial charge is 0.192 e. The second-order valence-corrected chi connectivity index (χ2v) is 19.3. The van der Waals surface area contributed by atoms with E-state index < -0.39 is 14.4 Å². The lowest BCUT2D eigenvalue weighted by Crippen LogP contribution is -2.44. The molecule has 41 heavy (non-hydrogen) atoms. The van der Waals surface area contributed by atoms with Crippen molar-refractivity contribution < 1.29 is 18.3 Å². The molecule has 0 spiro atoms. The number of pyridine rings is 1. The standard InChI is InChI=1S/C35H45F2NO2Si/c1-34(2,3)41(6,7)40-28-21-35(4,5)20-27-30(28)29(22-12-16-25(36)17-13-22)31(32(38-27)23-10-8-9-11-23)33(39)24-14-18-26(37)19-15-24/h12-19,23,28,33,39H,8-11,20-21H2,1-7H3. The maximum absolute atomic E-state index is 14.2. The number of halogens is 2. The van der Waals surface area contributed by atoms with Crippen molar-refractivity contribution in [1.82, 2.24) is 4.98 Å². The summed E-state index contributed by atoms with van der Waals surface area (Å²) in [6, 6.07) is 12.7. The van der Waals surface area contributed by atoms with E-state index in [4.69, 9.17) is 9.41 Å². The predicted molar refractivity (Wildman–Crippen MR) is 164 cm³/mol. The lowest BCUT2D eigenvalue weighted by atomic mass is 9.71. The van der Waals surface area contributed by atoms with Crippen LogP contribution in [-0.4, -0.2) is 18.4 Å². The fourth-order valence-corrected chi connectivity index (χ4v) is 7.72. The Morgan fingerprint density at radius 3 is 2.07 bits per heavy atom. The lowest BCUT2D eigenvalue weighted by molar-refractivity contribution is 0.106. The summed E-state index contributed by atoms with van der Waals surface area (Å²) in [6.07, 6.45) is 4.72. The van der Waals surface area contributed by atoms with Crippen molar-refractivity contribution in [3.05, 3.63) is 88.2 Å². The van der Waals surface area contributed by atoms with Crippen LogP contribution in [0.4, 0.5) is 8.78 Å². The van der Waals surface area contributed by atoms with Crippen LogP contribution in [0.1, 0.15) is 113 Å². The summed E-state index contributed by atoms with van der Waals surface area (Å²) in [7, 11) is -2.20. The van der Waals surface area contributed by atoms with Gasteiger partial charge in [0.05, 0.1) is 11.8 Å². The lowest BCUT2D eigenvalue weighted by Gasteiger charge is -2.45. The van der Waals surface area contributed by atoms with Gasteiger partial charge in [0, 0.05) is 22.7 Å². The molecule has 0 saturated heterocycles. The van der Waals surface area contributed by atoms with Crippen molar-refractivity contribution in [1.29, 1.82) is 0 Å². The zero-order valence-electron chi connectivity index (χ0n) is 25.7. The minimum absolute atomic E-state index is 0.0124. The van der Waals surface area contributed by atoms with E-state index in [0.717, 1.165) is 72.2 Å². The monoisotopic (exact) mass is 577 g/mol. The van der Waals surface area contributed by atoms with E-state index in [9.17, 15) is 13.9 Å². The van der Waals surface area contributed by atoms with E-state index in [0.29, 0.717) is 5.56 Å². The Labute approximate surface area is 245 Å². The van der Waals surface area contributed by atoms with Crippen LogP contribution < -0.4 is 0 Å². The Morgan fingerprint density at radius 2 is 1.51 bits per heavy atom. The second kappa shape index (κ2) is 11.0. The van der Waals surface area contributed by atoms with Gasteiger partial charge in [-0.25, -0.2) is 8.78 Å². The van der Waals surface area contributed by atoms with Gasteiger partial charge >= 0.3 is 0 Å². The maximum atomic E-state index is 14.2. The van der Waals surface area contributed by atoms with Gasteiger partial charge in [0.25, 0.3) is 0 Å². The summed E-state index contributed by atoms with van der Waals surface area (Å²) in [4.78, 5) is 5.43. The largest absolute Gasteiger partial charge is 0.410 e. The fraction of sp³-hybridized carbons (Fsp3) is 0.514. The van der Waals surface area contributed by atoms with Crippen molar-refractivity contribution in [3.63, 3.8) is 0 Å². The molecule has 1 saturated carbocycles. The third-order valence-electron chi connectivity index (χ3n) is 9.66. The molecule has 1 N–H and O–H groups in total. The molecule has 220 valence electrons. The summed E-state index contributed by atoms with van der Waals surface area (Å²) in [5.74, 6) is -0.415. The topological polar surface area (TPSA) is 42.4 Å². The summed E-state index contributed by atoms with van der Waals surface area (Å²) >= 11 is 0. The highest BCUT2D eigenvalue weighted by molar-refractivity contribution is 6.74. The van der Waals surface area contributed by atoms with Gasteiger partial charge < -0.3 is 9.53 Å². The van der Waals surface area contributed by atoms with E-state index in [1.165, 1.54) is 24.3 Å². The van der Waals surface area contributed by atoms with Gasteiger partial charge in [0.1, 0.15) is 17.7 Å². The van der Waals surface area contributed by atoms with Crippen molar-refractivity contribution in [2.75, 3.05) is 0 Å². The molecule has 6 heteroatoms. The van der Waals surface area contributed by atoms with Crippen molar-refractivity contribution in [3.8, 4) is 11.1 Å². The zero-order valence-corrected chi connectivity index (χ0v) is 26.7. The first kappa shape index (κ1) is 30.1. The molecule has 1 aromatic heterocycles. The van der Waals surface area contributed by atoms with Crippen molar-refractivity contribution in [2.45, 2.75) is 109 Å². The summed E-state index contributed by atoms with van der Waals surface area (Å²) in [6.45, 7) is 15.9. The average Bonchev–Trinajstić information content (AvgIpc) is 3.42. The van der Waals surface area contributed by atoms with Crippen LogP contribution in [0.5, 0.6) is 0 Å². The minimum Gasteiger partial charge on any atom is -0.410 e. The molecule has 2 unspecified atom stereocenters. The highest BCUT2D eigenvalue weighted by Gasteiger charge is 2.45. The highest BCUT2D eigenvalue weighted by Crippen LogP contribution is 2.53. The molecule has 2 atom stereocenters. The molecule has 0 amide bonds. The van der Waals surface area contributed by atoms with Crippen LogP contribution in [-0.2, 0) is 10.8 Å². The Morgan fingerprint density at radius 1 is 0.951 bits per heavy atom. The number of aliphatic hydroxyl groups is 1.